The van der Waals surface area contributed by atoms with E-state index in [2.05, 4.69) is 0 Å². The van der Waals surface area contributed by atoms with Gasteiger partial charge in [0.05, 0.1) is 0 Å². The molecule has 6 heteroatoms. The molecule has 0 saturated carbocycles. The van der Waals surface area contributed by atoms with Crippen LogP contribution in [0.3, 0.4) is 0 Å². The van der Waals surface area contributed by atoms with E-state index in [4.69, 9.17) is 20.4 Å². The van der Waals surface area contributed by atoms with Crippen LogP contribution in [0, 0.1) is 0 Å². The molecule has 0 fully saturated rings. The predicted molar refractivity (Wildman–Crippen MR) is 45.5 cm³/mol. The topological polar surface area (TPSA) is 98.0 Å². The van der Waals surface area contributed by atoms with Crippen molar-refractivity contribution in [2.45, 2.75) is 0 Å². The third kappa shape index (κ3) is 2.85. The first kappa shape index (κ1) is 12.7. The zero-order chi connectivity index (χ0) is 9.30. The number of aromatic carboxylic acids is 1. The molecule has 0 amide bonds. The third-order valence-corrected chi connectivity index (χ3v) is 1.30. The van der Waals surface area contributed by atoms with Crippen molar-refractivity contribution in [2.75, 3.05) is 0 Å². The summed E-state index contributed by atoms with van der Waals surface area (Å²) in [4.78, 5) is 10.4. The first-order valence-electron chi connectivity index (χ1n) is 3.00. The van der Waals surface area contributed by atoms with E-state index in [1.54, 1.807) is 0 Å². The minimum absolute atomic E-state index is 0. The monoisotopic (exact) mass is 210 g/mol. The van der Waals surface area contributed by atoms with E-state index in [1.807, 2.05) is 0 Å². The van der Waals surface area contributed by atoms with Gasteiger partial charge in [0, 0.05) is 12.1 Å². The van der Waals surface area contributed by atoms with Crippen LogP contribution < -0.4 is 0 Å². The van der Waals surface area contributed by atoms with Crippen LogP contribution in [-0.2, 0) is 0 Å². The van der Waals surface area contributed by atoms with E-state index in [0.29, 0.717) is 0 Å². The number of carboxylic acid groups (broad SMARTS) is 1. The molecule has 0 unspecified atom stereocenters. The average Bonchev–Trinajstić information content (AvgIpc) is 1.82. The van der Waals surface area contributed by atoms with Crippen LogP contribution in [0.25, 0.3) is 0 Å². The van der Waals surface area contributed by atoms with Crippen molar-refractivity contribution in [1.29, 1.82) is 0 Å². The number of phenolic OH excluding ortho intramolecular Hbond substituents is 1. The fraction of sp³-hybridized carbons (Fsp3) is 0. The van der Waals surface area contributed by atoms with Crippen LogP contribution >= 0.6 is 0 Å². The second kappa shape index (κ2) is 4.82. The summed E-state index contributed by atoms with van der Waals surface area (Å²) in [5.41, 5.74) is -0.618. The maximum absolute atomic E-state index is 10.4. The van der Waals surface area contributed by atoms with E-state index in [9.17, 15) is 4.79 Å². The van der Waals surface area contributed by atoms with Crippen LogP contribution in [0.4, 0.5) is 0 Å². The third-order valence-electron chi connectivity index (χ3n) is 1.30. The van der Waals surface area contributed by atoms with Gasteiger partial charge in [-0.15, -0.1) is 0 Å². The molecule has 0 heterocycles. The Kier molecular flexibility index (Phi) is 4.72. The summed E-state index contributed by atoms with van der Waals surface area (Å²) in [5, 5.41) is 35.1. The number of aromatic hydroxyl groups is 3. The molecule has 0 bridgehead atoms. The van der Waals surface area contributed by atoms with Crippen LogP contribution in [-0.4, -0.2) is 77.8 Å². The van der Waals surface area contributed by atoms with Gasteiger partial charge in [0.2, 0.25) is 0 Å². The van der Waals surface area contributed by atoms with E-state index < -0.39 is 28.8 Å². The molecular formula is C7H7KO5. The zero-order valence-corrected chi connectivity index (χ0v) is 5.85. The van der Waals surface area contributed by atoms with Gasteiger partial charge in [-0.25, -0.2) is 4.79 Å². The number of hydrogen-bond acceptors (Lipinski definition) is 4. The quantitative estimate of drug-likeness (QED) is 0.483. The van der Waals surface area contributed by atoms with E-state index in [1.165, 1.54) is 0 Å². The van der Waals surface area contributed by atoms with Gasteiger partial charge in [0.1, 0.15) is 22.8 Å². The van der Waals surface area contributed by atoms with Gasteiger partial charge in [0.25, 0.3) is 0 Å². The Morgan fingerprint density at radius 3 is 1.77 bits per heavy atom. The first-order chi connectivity index (χ1) is 5.52. The zero-order valence-electron chi connectivity index (χ0n) is 5.85. The second-order valence-electron chi connectivity index (χ2n) is 2.16. The summed E-state index contributed by atoms with van der Waals surface area (Å²) in [5.74, 6) is -3.18. The summed E-state index contributed by atoms with van der Waals surface area (Å²) >= 11 is 0. The summed E-state index contributed by atoms with van der Waals surface area (Å²) in [6, 6.07) is 1.67. The van der Waals surface area contributed by atoms with E-state index in [0.717, 1.165) is 12.1 Å². The normalized spacial score (nSPS) is 8.92. The van der Waals surface area contributed by atoms with Crippen molar-refractivity contribution in [2.24, 2.45) is 0 Å². The van der Waals surface area contributed by atoms with E-state index >= 15 is 0 Å². The van der Waals surface area contributed by atoms with Crippen molar-refractivity contribution >= 4 is 57.4 Å². The fourth-order valence-corrected chi connectivity index (χ4v) is 0.816. The molecule has 1 rings (SSSR count). The summed E-state index contributed by atoms with van der Waals surface area (Å²) in [6.45, 7) is 0. The molecule has 0 spiro atoms. The Balaban J connectivity index is 0.00000144. The molecule has 0 atom stereocenters. The Morgan fingerprint density at radius 2 is 1.46 bits per heavy atom. The molecule has 66 valence electrons. The van der Waals surface area contributed by atoms with Crippen molar-refractivity contribution in [3.63, 3.8) is 0 Å². The number of rotatable bonds is 1. The molecular weight excluding hydrogens is 203 g/mol. The van der Waals surface area contributed by atoms with Crippen LogP contribution in [0.2, 0.25) is 0 Å². The van der Waals surface area contributed by atoms with Crippen LogP contribution in [0.5, 0.6) is 17.2 Å². The molecule has 13 heavy (non-hydrogen) atoms. The second-order valence-corrected chi connectivity index (χ2v) is 2.16. The minimum atomic E-state index is -1.45. The van der Waals surface area contributed by atoms with Crippen molar-refractivity contribution in [1.82, 2.24) is 0 Å². The fourth-order valence-electron chi connectivity index (χ4n) is 0.816. The Labute approximate surface area is 116 Å². The molecule has 0 aliphatic rings. The molecule has 5 nitrogen and oxygen atoms in total. The molecule has 0 aliphatic heterocycles. The molecule has 0 aliphatic carbocycles. The molecule has 1 aromatic carbocycles. The van der Waals surface area contributed by atoms with Gasteiger partial charge < -0.3 is 20.4 Å². The van der Waals surface area contributed by atoms with Crippen molar-refractivity contribution < 1.29 is 25.2 Å². The number of carbonyl (C=O) groups is 1. The molecule has 4 N–H and O–H groups in total. The first-order valence-corrected chi connectivity index (χ1v) is 3.00. The van der Waals surface area contributed by atoms with Crippen molar-refractivity contribution in [3.8, 4) is 17.2 Å². The van der Waals surface area contributed by atoms with Gasteiger partial charge >= 0.3 is 57.4 Å². The predicted octanol–water partition coefficient (Wildman–Crippen LogP) is -0.147. The van der Waals surface area contributed by atoms with Crippen LogP contribution in [0.15, 0.2) is 12.1 Å². The Hall–Kier alpha value is -0.274. The molecule has 0 radical (unpaired) electrons. The van der Waals surface area contributed by atoms with Gasteiger partial charge in [-0.05, 0) is 0 Å². The van der Waals surface area contributed by atoms with Gasteiger partial charge in [-0.2, -0.15) is 0 Å². The number of carboxylic acids is 1. The maximum atomic E-state index is 10.4. The average molecular weight is 210 g/mol. The summed E-state index contributed by atoms with van der Waals surface area (Å²) in [6.07, 6.45) is 0. The van der Waals surface area contributed by atoms with Crippen LogP contribution in [0.1, 0.15) is 10.4 Å². The Bertz CT molecular complexity index is 313. The summed E-state index contributed by atoms with van der Waals surface area (Å²) < 4.78 is 0. The van der Waals surface area contributed by atoms with Gasteiger partial charge in [0.15, 0.2) is 0 Å². The van der Waals surface area contributed by atoms with Crippen molar-refractivity contribution in [3.05, 3.63) is 17.7 Å². The standard InChI is InChI=1S/C7H6O5.K.H/c8-3-1-4(9)6(7(11)12)5(10)2-3;;/h1-2,8-10H,(H,11,12);;. The number of benzene rings is 1. The molecule has 1 aromatic rings. The molecule has 0 saturated heterocycles. The van der Waals surface area contributed by atoms with Gasteiger partial charge in [-0.3, -0.25) is 0 Å². The Morgan fingerprint density at radius 1 is 1.08 bits per heavy atom. The summed E-state index contributed by atoms with van der Waals surface area (Å²) in [7, 11) is 0. The number of hydrogen-bond donors (Lipinski definition) is 4. The van der Waals surface area contributed by atoms with E-state index in [-0.39, 0.29) is 51.4 Å². The molecule has 0 aromatic heterocycles. The number of phenols is 3. The SMILES string of the molecule is O=C(O)c1c(O)cc(O)cc1O.[KH]. The van der Waals surface area contributed by atoms with Gasteiger partial charge in [-0.1, -0.05) is 0 Å².